The first-order chi connectivity index (χ1) is 13.5. The maximum absolute atomic E-state index is 13.3. The fourth-order valence-corrected chi connectivity index (χ4v) is 3.68. The molecule has 6 heteroatoms. The van der Waals surface area contributed by atoms with Crippen LogP contribution in [-0.2, 0) is 4.74 Å². The van der Waals surface area contributed by atoms with Gasteiger partial charge < -0.3 is 19.4 Å². The Morgan fingerprint density at radius 3 is 2.61 bits per heavy atom. The minimum atomic E-state index is -0.0917. The summed E-state index contributed by atoms with van der Waals surface area (Å²) in [6.45, 7) is 7.26. The average molecular weight is 384 g/mol. The molecule has 1 fully saturated rings. The van der Waals surface area contributed by atoms with Crippen LogP contribution in [0.1, 0.15) is 51.9 Å². The number of hydrogen-bond acceptors (Lipinski definition) is 4. The molecule has 28 heavy (non-hydrogen) atoms. The lowest BCUT2D eigenvalue weighted by molar-refractivity contribution is 0.0492. The third-order valence-electron chi connectivity index (χ3n) is 5.11. The molecule has 2 aromatic rings. The van der Waals surface area contributed by atoms with Crippen molar-refractivity contribution in [2.45, 2.75) is 39.7 Å². The molecule has 3 rings (SSSR count). The van der Waals surface area contributed by atoms with Crippen LogP contribution >= 0.6 is 0 Å². The number of aromatic amines is 1. The highest BCUT2D eigenvalue weighted by atomic mass is 16.5. The number of carbonyl (C=O) groups excluding carboxylic acids is 2. The topological polar surface area (TPSA) is 71.6 Å². The number of ether oxygens (including phenoxy) is 2. The number of para-hydroxylation sites is 1. The second kappa shape index (κ2) is 9.06. The Hall–Kier alpha value is -2.60. The van der Waals surface area contributed by atoms with Crippen LogP contribution < -0.4 is 4.74 Å². The molecular weight excluding hydrogens is 356 g/mol. The van der Waals surface area contributed by atoms with E-state index in [0.29, 0.717) is 42.2 Å². The van der Waals surface area contributed by atoms with Crippen LogP contribution in [0.15, 0.2) is 30.3 Å². The highest BCUT2D eigenvalue weighted by molar-refractivity contribution is 6.02. The first-order valence-electron chi connectivity index (χ1n) is 9.76. The summed E-state index contributed by atoms with van der Waals surface area (Å²) in [6.07, 6.45) is 2.02. The van der Waals surface area contributed by atoms with Crippen molar-refractivity contribution in [2.75, 3.05) is 26.3 Å². The first-order valence-corrected chi connectivity index (χ1v) is 9.76. The van der Waals surface area contributed by atoms with Crippen LogP contribution in [0.3, 0.4) is 0 Å². The van der Waals surface area contributed by atoms with Crippen molar-refractivity contribution in [2.24, 2.45) is 0 Å². The van der Waals surface area contributed by atoms with E-state index in [-0.39, 0.29) is 17.8 Å². The molecule has 0 aliphatic carbocycles. The normalized spacial score (nSPS) is 16.2. The molecular formula is C22H28N2O4. The molecule has 0 radical (unpaired) electrons. The molecule has 1 unspecified atom stereocenters. The molecule has 0 saturated carbocycles. The van der Waals surface area contributed by atoms with Gasteiger partial charge in [-0.3, -0.25) is 9.59 Å². The van der Waals surface area contributed by atoms with Gasteiger partial charge in [-0.1, -0.05) is 18.2 Å². The second-order valence-electron chi connectivity index (χ2n) is 7.23. The van der Waals surface area contributed by atoms with E-state index in [0.717, 1.165) is 25.2 Å². The minimum absolute atomic E-state index is 0.0486. The Balaban J connectivity index is 1.75. The van der Waals surface area contributed by atoms with Crippen LogP contribution in [0.4, 0.5) is 0 Å². The van der Waals surface area contributed by atoms with E-state index >= 15 is 0 Å². The van der Waals surface area contributed by atoms with Gasteiger partial charge in [0.2, 0.25) is 0 Å². The zero-order chi connectivity index (χ0) is 20.1. The Morgan fingerprint density at radius 2 is 2.00 bits per heavy atom. The summed E-state index contributed by atoms with van der Waals surface area (Å²) in [6, 6.07) is 9.56. The monoisotopic (exact) mass is 384 g/mol. The molecule has 1 aliphatic heterocycles. The van der Waals surface area contributed by atoms with Gasteiger partial charge in [0, 0.05) is 25.8 Å². The van der Waals surface area contributed by atoms with Gasteiger partial charge in [0.25, 0.3) is 5.91 Å². The van der Waals surface area contributed by atoms with E-state index in [1.165, 1.54) is 6.92 Å². The van der Waals surface area contributed by atoms with Crippen molar-refractivity contribution in [1.29, 1.82) is 0 Å². The Bertz CT molecular complexity index is 823. The number of Topliss-reactive ketones (excluding diaryl/α,β-unsaturated/α-hetero) is 1. The number of aryl methyl sites for hydroxylation is 1. The lowest BCUT2D eigenvalue weighted by atomic mass is 10.1. The second-order valence-corrected chi connectivity index (χ2v) is 7.23. The Kier molecular flexibility index (Phi) is 6.52. The standard InChI is InChI=1S/C22H28N2O4/c1-15-20(16(2)23-21(15)17(3)25)22(26)24(14-19-10-7-12-27-19)11-13-28-18-8-5-4-6-9-18/h4-6,8-9,19,23H,7,10-14H2,1-3H3. The average Bonchev–Trinajstić information content (AvgIpc) is 3.29. The molecule has 2 heterocycles. The molecule has 150 valence electrons. The van der Waals surface area contributed by atoms with Gasteiger partial charge >= 0.3 is 0 Å². The fourth-order valence-electron chi connectivity index (χ4n) is 3.68. The Labute approximate surface area is 165 Å². The van der Waals surface area contributed by atoms with E-state index in [4.69, 9.17) is 9.47 Å². The van der Waals surface area contributed by atoms with Gasteiger partial charge in [-0.15, -0.1) is 0 Å². The minimum Gasteiger partial charge on any atom is -0.492 e. The smallest absolute Gasteiger partial charge is 0.256 e. The zero-order valence-corrected chi connectivity index (χ0v) is 16.8. The van der Waals surface area contributed by atoms with Crippen molar-refractivity contribution in [1.82, 2.24) is 9.88 Å². The summed E-state index contributed by atoms with van der Waals surface area (Å²) in [4.78, 5) is 30.0. The zero-order valence-electron chi connectivity index (χ0n) is 16.8. The summed E-state index contributed by atoms with van der Waals surface area (Å²) in [7, 11) is 0. The molecule has 1 aromatic heterocycles. The number of nitrogens with zero attached hydrogens (tertiary/aromatic N) is 1. The summed E-state index contributed by atoms with van der Waals surface area (Å²) in [5, 5.41) is 0. The van der Waals surface area contributed by atoms with E-state index in [2.05, 4.69) is 4.98 Å². The maximum Gasteiger partial charge on any atom is 0.256 e. The number of benzene rings is 1. The lowest BCUT2D eigenvalue weighted by Gasteiger charge is -2.26. The largest absolute Gasteiger partial charge is 0.492 e. The van der Waals surface area contributed by atoms with Gasteiger partial charge in [0.05, 0.1) is 23.9 Å². The Morgan fingerprint density at radius 1 is 1.25 bits per heavy atom. The number of rotatable bonds is 8. The van der Waals surface area contributed by atoms with Crippen molar-refractivity contribution < 1.29 is 19.1 Å². The number of carbonyl (C=O) groups is 2. The van der Waals surface area contributed by atoms with Crippen LogP contribution in [0, 0.1) is 13.8 Å². The SMILES string of the molecule is CC(=O)c1[nH]c(C)c(C(=O)N(CCOc2ccccc2)CC2CCCO2)c1C. The van der Waals surface area contributed by atoms with Crippen molar-refractivity contribution >= 4 is 11.7 Å². The highest BCUT2D eigenvalue weighted by Crippen LogP contribution is 2.22. The molecule has 1 aliphatic rings. The first kappa shape index (κ1) is 20.1. The number of amides is 1. The molecule has 1 N–H and O–H groups in total. The molecule has 1 saturated heterocycles. The maximum atomic E-state index is 13.3. The predicted octanol–water partition coefficient (Wildman–Crippen LogP) is 3.53. The summed E-state index contributed by atoms with van der Waals surface area (Å²) >= 11 is 0. The number of aromatic nitrogens is 1. The van der Waals surface area contributed by atoms with Crippen LogP contribution in [0.2, 0.25) is 0 Å². The number of ketones is 1. The summed E-state index contributed by atoms with van der Waals surface area (Å²) < 4.78 is 11.5. The predicted molar refractivity (Wildman–Crippen MR) is 107 cm³/mol. The van der Waals surface area contributed by atoms with Gasteiger partial charge in [-0.2, -0.15) is 0 Å². The van der Waals surface area contributed by atoms with E-state index < -0.39 is 0 Å². The van der Waals surface area contributed by atoms with Crippen LogP contribution in [0.25, 0.3) is 0 Å². The molecule has 0 spiro atoms. The van der Waals surface area contributed by atoms with Crippen molar-refractivity contribution in [3.8, 4) is 5.75 Å². The molecule has 1 amide bonds. The highest BCUT2D eigenvalue weighted by Gasteiger charge is 2.27. The number of H-pyrrole nitrogens is 1. The van der Waals surface area contributed by atoms with Crippen LogP contribution in [-0.4, -0.2) is 54.0 Å². The van der Waals surface area contributed by atoms with E-state index in [9.17, 15) is 9.59 Å². The van der Waals surface area contributed by atoms with Crippen molar-refractivity contribution in [3.63, 3.8) is 0 Å². The van der Waals surface area contributed by atoms with Crippen molar-refractivity contribution in [3.05, 3.63) is 52.8 Å². The number of hydrogen-bond donors (Lipinski definition) is 1. The quantitative estimate of drug-likeness (QED) is 0.707. The third-order valence-corrected chi connectivity index (χ3v) is 5.11. The molecule has 6 nitrogen and oxygen atoms in total. The summed E-state index contributed by atoms with van der Waals surface area (Å²) in [5.41, 5.74) is 2.49. The van der Waals surface area contributed by atoms with Gasteiger partial charge in [-0.25, -0.2) is 0 Å². The fraction of sp³-hybridized carbons (Fsp3) is 0.455. The summed E-state index contributed by atoms with van der Waals surface area (Å²) in [5.74, 6) is 0.614. The molecule has 1 aromatic carbocycles. The molecule has 0 bridgehead atoms. The van der Waals surface area contributed by atoms with E-state index in [1.807, 2.05) is 44.2 Å². The van der Waals surface area contributed by atoms with Gasteiger partial charge in [0.15, 0.2) is 5.78 Å². The molecule has 1 atom stereocenters. The van der Waals surface area contributed by atoms with E-state index in [1.54, 1.807) is 4.90 Å². The van der Waals surface area contributed by atoms with Gasteiger partial charge in [0.1, 0.15) is 12.4 Å². The van der Waals surface area contributed by atoms with Crippen LogP contribution in [0.5, 0.6) is 5.75 Å². The lowest BCUT2D eigenvalue weighted by Crippen LogP contribution is -2.40. The van der Waals surface area contributed by atoms with Gasteiger partial charge in [-0.05, 0) is 44.4 Å². The number of nitrogens with one attached hydrogen (secondary N) is 1. The third kappa shape index (κ3) is 4.62.